The number of aromatic nitrogens is 1. The van der Waals surface area contributed by atoms with Crippen LogP contribution < -0.4 is 0 Å². The van der Waals surface area contributed by atoms with Crippen molar-refractivity contribution in [1.82, 2.24) is 14.8 Å². The second-order valence-electron chi connectivity index (χ2n) is 7.12. The maximum absolute atomic E-state index is 6.11. The quantitative estimate of drug-likeness (QED) is 0.864. The van der Waals surface area contributed by atoms with Crippen molar-refractivity contribution in [1.29, 1.82) is 0 Å². The highest BCUT2D eigenvalue weighted by Gasteiger charge is 2.22. The Morgan fingerprint density at radius 1 is 1.04 bits per heavy atom. The molecule has 2 aliphatic heterocycles. The van der Waals surface area contributed by atoms with Crippen LogP contribution in [0.15, 0.2) is 36.5 Å². The fraction of sp³-hybridized carbons (Fsp3) is 0.550. The maximum Gasteiger partial charge on any atom is 0.0828 e. The number of pyridine rings is 1. The van der Waals surface area contributed by atoms with Crippen molar-refractivity contribution in [3.8, 4) is 0 Å². The van der Waals surface area contributed by atoms with Crippen LogP contribution in [0.3, 0.4) is 0 Å². The molecule has 0 unspecified atom stereocenters. The van der Waals surface area contributed by atoms with Crippen LogP contribution in [0, 0.1) is 0 Å². The molecule has 4 rings (SSSR count). The van der Waals surface area contributed by atoms with E-state index in [1.807, 2.05) is 12.3 Å². The molecule has 1 aromatic heterocycles. The summed E-state index contributed by atoms with van der Waals surface area (Å²) in [5.74, 6) is 0. The normalized spacial score (nSPS) is 23.6. The highest BCUT2D eigenvalue weighted by molar-refractivity contribution is 5.78. The highest BCUT2D eigenvalue weighted by atomic mass is 16.5. The molecular weight excluding hydrogens is 298 g/mol. The van der Waals surface area contributed by atoms with E-state index in [-0.39, 0.29) is 0 Å². The van der Waals surface area contributed by atoms with Crippen molar-refractivity contribution >= 4 is 10.9 Å². The molecular formula is C20H27N3O. The Balaban J connectivity index is 1.41. The first-order valence-corrected chi connectivity index (χ1v) is 9.27. The van der Waals surface area contributed by atoms with Gasteiger partial charge < -0.3 is 9.64 Å². The van der Waals surface area contributed by atoms with E-state index in [2.05, 4.69) is 39.0 Å². The molecule has 0 bridgehead atoms. The fourth-order valence-corrected chi connectivity index (χ4v) is 3.96. The maximum atomic E-state index is 6.11. The first kappa shape index (κ1) is 16.0. The van der Waals surface area contributed by atoms with Gasteiger partial charge in [-0.2, -0.15) is 0 Å². The van der Waals surface area contributed by atoms with Gasteiger partial charge in [0.25, 0.3) is 0 Å². The zero-order valence-corrected chi connectivity index (χ0v) is 14.4. The van der Waals surface area contributed by atoms with Gasteiger partial charge in [0, 0.05) is 44.4 Å². The lowest BCUT2D eigenvalue weighted by molar-refractivity contribution is 0.0308. The van der Waals surface area contributed by atoms with Crippen LogP contribution in [-0.2, 0) is 11.3 Å². The van der Waals surface area contributed by atoms with Gasteiger partial charge in [-0.1, -0.05) is 12.1 Å². The molecule has 4 heteroatoms. The number of likely N-dealkylation sites (tertiary alicyclic amines) is 1. The lowest BCUT2D eigenvalue weighted by Crippen LogP contribution is -2.39. The number of benzene rings is 1. The van der Waals surface area contributed by atoms with Crippen LogP contribution >= 0.6 is 0 Å². The first-order valence-electron chi connectivity index (χ1n) is 9.27. The smallest absolute Gasteiger partial charge is 0.0828 e. The van der Waals surface area contributed by atoms with Gasteiger partial charge in [0.15, 0.2) is 0 Å². The highest BCUT2D eigenvalue weighted by Crippen LogP contribution is 2.17. The molecule has 128 valence electrons. The van der Waals surface area contributed by atoms with Gasteiger partial charge in [-0.3, -0.25) is 9.88 Å². The molecule has 2 fully saturated rings. The average molecular weight is 325 g/mol. The Labute approximate surface area is 144 Å². The van der Waals surface area contributed by atoms with Gasteiger partial charge in [0.1, 0.15) is 0 Å². The molecule has 24 heavy (non-hydrogen) atoms. The molecule has 0 aliphatic carbocycles. The number of hydrogen-bond acceptors (Lipinski definition) is 4. The van der Waals surface area contributed by atoms with E-state index in [9.17, 15) is 0 Å². The number of nitrogens with zero attached hydrogens (tertiary/aromatic N) is 3. The molecule has 0 saturated carbocycles. The van der Waals surface area contributed by atoms with Crippen molar-refractivity contribution in [2.24, 2.45) is 0 Å². The van der Waals surface area contributed by atoms with Crippen molar-refractivity contribution in [3.05, 3.63) is 42.1 Å². The summed E-state index contributed by atoms with van der Waals surface area (Å²) >= 11 is 0. The minimum Gasteiger partial charge on any atom is -0.376 e. The van der Waals surface area contributed by atoms with Gasteiger partial charge in [-0.25, -0.2) is 0 Å². The molecule has 0 radical (unpaired) electrons. The zero-order valence-electron chi connectivity index (χ0n) is 14.4. The molecule has 2 aliphatic rings. The van der Waals surface area contributed by atoms with Crippen LogP contribution in [0.1, 0.15) is 24.8 Å². The van der Waals surface area contributed by atoms with Gasteiger partial charge in [-0.15, -0.1) is 0 Å². The molecule has 2 aromatic rings. The van der Waals surface area contributed by atoms with Gasteiger partial charge in [0.2, 0.25) is 0 Å². The van der Waals surface area contributed by atoms with Gasteiger partial charge in [0.05, 0.1) is 11.6 Å². The van der Waals surface area contributed by atoms with E-state index < -0.39 is 0 Å². The Morgan fingerprint density at radius 2 is 1.92 bits per heavy atom. The van der Waals surface area contributed by atoms with Crippen molar-refractivity contribution in [2.75, 3.05) is 39.3 Å². The van der Waals surface area contributed by atoms with Crippen LogP contribution in [0.2, 0.25) is 0 Å². The Kier molecular flexibility index (Phi) is 5.07. The summed E-state index contributed by atoms with van der Waals surface area (Å²) in [5, 5.41) is 1.23. The Hall–Kier alpha value is -1.49. The van der Waals surface area contributed by atoms with E-state index in [1.165, 1.54) is 36.9 Å². The summed E-state index contributed by atoms with van der Waals surface area (Å²) in [7, 11) is 0. The van der Waals surface area contributed by atoms with Crippen LogP contribution in [-0.4, -0.2) is 60.2 Å². The van der Waals surface area contributed by atoms with Gasteiger partial charge in [-0.05, 0) is 56.1 Å². The lowest BCUT2D eigenvalue weighted by Gasteiger charge is -2.27. The third kappa shape index (κ3) is 3.94. The predicted octanol–water partition coefficient (Wildman–Crippen LogP) is 2.92. The summed E-state index contributed by atoms with van der Waals surface area (Å²) in [5.41, 5.74) is 2.45. The van der Waals surface area contributed by atoms with Crippen LogP contribution in [0.4, 0.5) is 0 Å². The monoisotopic (exact) mass is 325 g/mol. The molecule has 0 spiro atoms. The van der Waals surface area contributed by atoms with E-state index in [0.29, 0.717) is 6.10 Å². The minimum atomic E-state index is 0.354. The number of fused-ring (bicyclic) bond motifs is 1. The molecule has 3 heterocycles. The summed E-state index contributed by atoms with van der Waals surface area (Å²) in [4.78, 5) is 9.54. The zero-order chi connectivity index (χ0) is 16.2. The fourth-order valence-electron chi connectivity index (χ4n) is 3.96. The van der Waals surface area contributed by atoms with Gasteiger partial charge >= 0.3 is 0 Å². The van der Waals surface area contributed by atoms with E-state index >= 15 is 0 Å². The minimum absolute atomic E-state index is 0.354. The Morgan fingerprint density at radius 3 is 2.83 bits per heavy atom. The number of hydrogen-bond donors (Lipinski definition) is 0. The molecule has 4 nitrogen and oxygen atoms in total. The molecule has 0 amide bonds. The first-order chi connectivity index (χ1) is 11.9. The Bertz CT molecular complexity index is 669. The second kappa shape index (κ2) is 7.60. The lowest BCUT2D eigenvalue weighted by atomic mass is 10.1. The van der Waals surface area contributed by atoms with Crippen LogP contribution in [0.25, 0.3) is 10.9 Å². The summed E-state index contributed by atoms with van der Waals surface area (Å²) in [6.45, 7) is 7.66. The SMILES string of the molecule is c1cnc2ccc(CN3CCCO[C@H](CN4CCCC4)C3)cc2c1. The topological polar surface area (TPSA) is 28.6 Å². The summed E-state index contributed by atoms with van der Waals surface area (Å²) in [6.07, 6.45) is 6.04. The molecule has 1 atom stereocenters. The molecule has 1 aromatic carbocycles. The van der Waals surface area contributed by atoms with Crippen molar-refractivity contribution in [2.45, 2.75) is 31.9 Å². The molecule has 0 N–H and O–H groups in total. The summed E-state index contributed by atoms with van der Waals surface area (Å²) in [6, 6.07) is 10.8. The van der Waals surface area contributed by atoms with E-state index in [1.54, 1.807) is 0 Å². The van der Waals surface area contributed by atoms with Crippen LogP contribution in [0.5, 0.6) is 0 Å². The van der Waals surface area contributed by atoms with Crippen molar-refractivity contribution < 1.29 is 4.74 Å². The second-order valence-corrected chi connectivity index (χ2v) is 7.12. The third-order valence-electron chi connectivity index (χ3n) is 5.17. The number of ether oxygens (including phenoxy) is 1. The van der Waals surface area contributed by atoms with E-state index in [0.717, 1.165) is 44.7 Å². The van der Waals surface area contributed by atoms with E-state index in [4.69, 9.17) is 4.74 Å². The largest absolute Gasteiger partial charge is 0.376 e. The summed E-state index contributed by atoms with van der Waals surface area (Å²) < 4.78 is 6.11. The molecule has 2 saturated heterocycles. The standard InChI is InChI=1S/C20H27N3O/c1-2-10-22(9-1)15-19-16-23(11-4-12-24-19)14-17-6-7-20-18(13-17)5-3-8-21-20/h3,5-8,13,19H,1-2,4,9-12,14-16H2/t19-/m1/s1. The average Bonchev–Trinajstić information content (AvgIpc) is 3.01. The number of rotatable bonds is 4. The predicted molar refractivity (Wildman–Crippen MR) is 97.1 cm³/mol. The van der Waals surface area contributed by atoms with Crippen molar-refractivity contribution in [3.63, 3.8) is 0 Å². The third-order valence-corrected chi connectivity index (χ3v) is 5.17.